The molecule has 1 N–H and O–H groups in total. The highest BCUT2D eigenvalue weighted by atomic mass is 32.1. The normalized spacial score (nSPS) is 11.9. The molecule has 2 aromatic rings. The van der Waals surface area contributed by atoms with Gasteiger partial charge in [0, 0.05) is 4.88 Å². The maximum Gasteiger partial charge on any atom is 0.375 e. The van der Waals surface area contributed by atoms with Crippen molar-refractivity contribution in [1.29, 1.82) is 0 Å². The second-order valence-electron chi connectivity index (χ2n) is 4.26. The number of rotatable bonds is 5. The molecule has 0 saturated carbocycles. The highest BCUT2D eigenvalue weighted by Crippen LogP contribution is 2.10. The van der Waals surface area contributed by atoms with Crippen LogP contribution in [0.3, 0.4) is 0 Å². The van der Waals surface area contributed by atoms with Crippen LogP contribution < -0.4 is 5.32 Å². The number of thiophene rings is 1. The third kappa shape index (κ3) is 3.71. The molecule has 0 aliphatic heterocycles. The Kier molecular flexibility index (Phi) is 4.57. The van der Waals surface area contributed by atoms with Crippen LogP contribution in [0.25, 0.3) is 0 Å². The fourth-order valence-corrected chi connectivity index (χ4v) is 2.19. The van der Waals surface area contributed by atoms with Gasteiger partial charge in [0.1, 0.15) is 5.76 Å². The van der Waals surface area contributed by atoms with Crippen molar-refractivity contribution in [1.82, 2.24) is 5.32 Å². The van der Waals surface area contributed by atoms with Gasteiger partial charge in [0.15, 0.2) is 6.10 Å². The average molecular weight is 293 g/mol. The van der Waals surface area contributed by atoms with E-state index in [0.29, 0.717) is 12.3 Å². The van der Waals surface area contributed by atoms with Crippen molar-refractivity contribution < 1.29 is 18.7 Å². The van der Waals surface area contributed by atoms with Gasteiger partial charge in [-0.15, -0.1) is 11.3 Å². The molecular formula is C14H15NO4S. The fraction of sp³-hybridized carbons (Fsp3) is 0.286. The number of hydrogen-bond acceptors (Lipinski definition) is 5. The molecule has 0 aliphatic rings. The Balaban J connectivity index is 1.83. The van der Waals surface area contributed by atoms with E-state index in [2.05, 4.69) is 5.32 Å². The van der Waals surface area contributed by atoms with Crippen molar-refractivity contribution in [3.8, 4) is 0 Å². The number of carbonyl (C=O) groups excluding carboxylic acids is 2. The van der Waals surface area contributed by atoms with Crippen molar-refractivity contribution in [2.24, 2.45) is 0 Å². The van der Waals surface area contributed by atoms with Crippen LogP contribution in [0.1, 0.15) is 28.1 Å². The third-order valence-electron chi connectivity index (χ3n) is 2.61. The van der Waals surface area contributed by atoms with E-state index in [1.807, 2.05) is 17.5 Å². The Hall–Kier alpha value is -2.08. The van der Waals surface area contributed by atoms with Crippen LogP contribution in [-0.4, -0.2) is 18.0 Å². The molecule has 0 bridgehead atoms. The summed E-state index contributed by atoms with van der Waals surface area (Å²) in [7, 11) is 0. The van der Waals surface area contributed by atoms with Gasteiger partial charge in [-0.2, -0.15) is 0 Å². The van der Waals surface area contributed by atoms with Crippen molar-refractivity contribution in [3.05, 3.63) is 46.0 Å². The van der Waals surface area contributed by atoms with Gasteiger partial charge in [-0.1, -0.05) is 6.07 Å². The first-order chi connectivity index (χ1) is 9.56. The fourth-order valence-electron chi connectivity index (χ4n) is 1.55. The lowest BCUT2D eigenvalue weighted by atomic mass is 10.3. The van der Waals surface area contributed by atoms with Crippen molar-refractivity contribution >= 4 is 23.2 Å². The SMILES string of the molecule is Cc1ccc(C(=O)O[C@H](C)C(=O)NCc2cccs2)o1. The summed E-state index contributed by atoms with van der Waals surface area (Å²) in [6.07, 6.45) is -0.868. The Labute approximate surface area is 120 Å². The van der Waals surface area contributed by atoms with E-state index in [0.717, 1.165) is 4.88 Å². The third-order valence-corrected chi connectivity index (χ3v) is 3.49. The summed E-state index contributed by atoms with van der Waals surface area (Å²) in [5, 5.41) is 4.65. The van der Waals surface area contributed by atoms with Crippen LogP contribution in [0.15, 0.2) is 34.1 Å². The number of aryl methyl sites for hydroxylation is 1. The summed E-state index contributed by atoms with van der Waals surface area (Å²) >= 11 is 1.55. The van der Waals surface area contributed by atoms with Gasteiger partial charge in [-0.3, -0.25) is 4.79 Å². The number of ether oxygens (including phenoxy) is 1. The molecule has 2 aromatic heterocycles. The number of carbonyl (C=O) groups is 2. The molecule has 2 heterocycles. The lowest BCUT2D eigenvalue weighted by Gasteiger charge is -2.12. The van der Waals surface area contributed by atoms with Gasteiger partial charge in [0.05, 0.1) is 6.54 Å². The van der Waals surface area contributed by atoms with E-state index in [9.17, 15) is 9.59 Å². The molecule has 5 nitrogen and oxygen atoms in total. The molecule has 6 heteroatoms. The first-order valence-corrected chi connectivity index (χ1v) is 7.01. The predicted octanol–water partition coefficient (Wildman–Crippen LogP) is 2.51. The minimum atomic E-state index is -0.868. The van der Waals surface area contributed by atoms with Gasteiger partial charge in [0.2, 0.25) is 5.76 Å². The van der Waals surface area contributed by atoms with Crippen LogP contribution in [0.5, 0.6) is 0 Å². The number of esters is 1. The molecule has 2 rings (SSSR count). The molecule has 106 valence electrons. The lowest BCUT2D eigenvalue weighted by Crippen LogP contribution is -2.35. The van der Waals surface area contributed by atoms with Crippen molar-refractivity contribution in [2.75, 3.05) is 0 Å². The van der Waals surface area contributed by atoms with Gasteiger partial charge in [-0.05, 0) is 37.4 Å². The molecule has 0 fully saturated rings. The van der Waals surface area contributed by atoms with E-state index in [1.165, 1.54) is 13.0 Å². The monoisotopic (exact) mass is 293 g/mol. The zero-order valence-corrected chi connectivity index (χ0v) is 12.0. The Morgan fingerprint density at radius 2 is 2.20 bits per heavy atom. The van der Waals surface area contributed by atoms with Crippen molar-refractivity contribution in [3.63, 3.8) is 0 Å². The molecule has 0 saturated heterocycles. The van der Waals surface area contributed by atoms with E-state index in [1.54, 1.807) is 24.3 Å². The number of furan rings is 1. The standard InChI is InChI=1S/C14H15NO4S/c1-9-5-6-12(18-9)14(17)19-10(2)13(16)15-8-11-4-3-7-20-11/h3-7,10H,8H2,1-2H3,(H,15,16)/t10-/m1/s1. The van der Waals surface area contributed by atoms with Gasteiger partial charge in [-0.25, -0.2) is 4.79 Å². The largest absolute Gasteiger partial charge is 0.454 e. The summed E-state index contributed by atoms with van der Waals surface area (Å²) in [5.41, 5.74) is 0. The summed E-state index contributed by atoms with van der Waals surface area (Å²) in [5.74, 6) is -0.265. The molecular weight excluding hydrogens is 278 g/mol. The topological polar surface area (TPSA) is 68.5 Å². The summed E-state index contributed by atoms with van der Waals surface area (Å²) in [6.45, 7) is 3.68. The van der Waals surface area contributed by atoms with Crippen LogP contribution in [-0.2, 0) is 16.1 Å². The van der Waals surface area contributed by atoms with E-state index >= 15 is 0 Å². The van der Waals surface area contributed by atoms with E-state index in [-0.39, 0.29) is 11.7 Å². The van der Waals surface area contributed by atoms with Gasteiger partial charge in [0.25, 0.3) is 5.91 Å². The second-order valence-corrected chi connectivity index (χ2v) is 5.29. The minimum absolute atomic E-state index is 0.0976. The van der Waals surface area contributed by atoms with Crippen molar-refractivity contribution in [2.45, 2.75) is 26.5 Å². The van der Waals surface area contributed by atoms with Gasteiger partial charge >= 0.3 is 5.97 Å². The van der Waals surface area contributed by atoms with Crippen LogP contribution in [0.2, 0.25) is 0 Å². The summed E-state index contributed by atoms with van der Waals surface area (Å²) in [4.78, 5) is 24.5. The maximum atomic E-state index is 11.8. The quantitative estimate of drug-likeness (QED) is 0.860. The second kappa shape index (κ2) is 6.38. The summed E-state index contributed by atoms with van der Waals surface area (Å²) < 4.78 is 10.2. The first kappa shape index (κ1) is 14.3. The van der Waals surface area contributed by atoms with Crippen LogP contribution >= 0.6 is 11.3 Å². The smallest absolute Gasteiger partial charge is 0.375 e. The number of amides is 1. The zero-order valence-electron chi connectivity index (χ0n) is 11.2. The molecule has 0 spiro atoms. The molecule has 0 aliphatic carbocycles. The highest BCUT2D eigenvalue weighted by molar-refractivity contribution is 7.09. The zero-order chi connectivity index (χ0) is 14.5. The van der Waals surface area contributed by atoms with E-state index < -0.39 is 12.1 Å². The number of nitrogens with one attached hydrogen (secondary N) is 1. The molecule has 0 aromatic carbocycles. The molecule has 0 radical (unpaired) electrons. The Morgan fingerprint density at radius 1 is 1.40 bits per heavy atom. The van der Waals surface area contributed by atoms with Crippen LogP contribution in [0, 0.1) is 6.92 Å². The molecule has 1 atom stereocenters. The molecule has 20 heavy (non-hydrogen) atoms. The molecule has 0 unspecified atom stereocenters. The van der Waals surface area contributed by atoms with Gasteiger partial charge < -0.3 is 14.5 Å². The molecule has 1 amide bonds. The average Bonchev–Trinajstić information content (AvgIpc) is 3.06. The Morgan fingerprint density at radius 3 is 2.80 bits per heavy atom. The first-order valence-electron chi connectivity index (χ1n) is 6.14. The highest BCUT2D eigenvalue weighted by Gasteiger charge is 2.20. The summed E-state index contributed by atoms with van der Waals surface area (Å²) in [6, 6.07) is 7.02. The number of hydrogen-bond donors (Lipinski definition) is 1. The predicted molar refractivity (Wildman–Crippen MR) is 74.5 cm³/mol. The lowest BCUT2D eigenvalue weighted by molar-refractivity contribution is -0.129. The minimum Gasteiger partial charge on any atom is -0.454 e. The van der Waals surface area contributed by atoms with Crippen LogP contribution in [0.4, 0.5) is 0 Å². The van der Waals surface area contributed by atoms with E-state index in [4.69, 9.17) is 9.15 Å². The maximum absolute atomic E-state index is 11.8. The Bertz CT molecular complexity index is 588.